The summed E-state index contributed by atoms with van der Waals surface area (Å²) in [6.45, 7) is 9.83. The molecule has 0 aromatic heterocycles. The number of benzene rings is 3. The lowest BCUT2D eigenvalue weighted by molar-refractivity contribution is 0.0650. The minimum Gasteiger partial charge on any atom is -0.494 e. The van der Waals surface area contributed by atoms with Gasteiger partial charge in [0.05, 0.1) is 23.3 Å². The lowest BCUT2D eigenvalue weighted by Gasteiger charge is -2.13. The number of carbonyl (C=O) groups excluding carboxylic acids is 3. The van der Waals surface area contributed by atoms with Crippen LogP contribution in [-0.2, 0) is 0 Å². The number of imide groups is 1. The van der Waals surface area contributed by atoms with Gasteiger partial charge in [0.2, 0.25) is 0 Å². The second kappa shape index (κ2) is 17.5. The summed E-state index contributed by atoms with van der Waals surface area (Å²) in [5.74, 6) is 0.658. The fraction of sp³-hybridized carbons (Fsp3) is 0.425. The van der Waals surface area contributed by atoms with E-state index in [2.05, 4.69) is 33.8 Å². The first-order valence-electron chi connectivity index (χ1n) is 17.0. The van der Waals surface area contributed by atoms with Gasteiger partial charge in [0, 0.05) is 6.54 Å². The first-order valence-corrected chi connectivity index (χ1v) is 17.0. The number of allylic oxidation sites excluding steroid dienone is 2. The van der Waals surface area contributed by atoms with Crippen LogP contribution in [0.5, 0.6) is 11.5 Å². The Morgan fingerprint density at radius 1 is 0.761 bits per heavy atom. The second-order valence-electron chi connectivity index (χ2n) is 12.7. The zero-order chi connectivity index (χ0) is 32.9. The lowest BCUT2D eigenvalue weighted by Crippen LogP contribution is -2.30. The Hall–Kier alpha value is -4.19. The van der Waals surface area contributed by atoms with E-state index in [9.17, 15) is 14.4 Å². The van der Waals surface area contributed by atoms with Crippen LogP contribution in [0.25, 0.3) is 11.1 Å². The summed E-state index contributed by atoms with van der Waals surface area (Å²) in [5.41, 5.74) is 4.23. The van der Waals surface area contributed by atoms with Crippen molar-refractivity contribution < 1.29 is 23.9 Å². The average Bonchev–Trinajstić information content (AvgIpc) is 3.29. The number of hydrogen-bond acceptors (Lipinski definition) is 5. The SMILES string of the molecule is CCCCCCCCCN1C(=O)c2ccc(C(=O)Oc3ccc(-c4ccc(OCC[C@@H](C)CCC=C(C)C)cc4)cc3)cc2C1=O. The molecular formula is C40H49NO5. The summed E-state index contributed by atoms with van der Waals surface area (Å²) in [7, 11) is 0. The Morgan fingerprint density at radius 3 is 2.02 bits per heavy atom. The number of fused-ring (bicyclic) bond motifs is 1. The van der Waals surface area contributed by atoms with Gasteiger partial charge < -0.3 is 9.47 Å². The van der Waals surface area contributed by atoms with Gasteiger partial charge in [-0.3, -0.25) is 14.5 Å². The van der Waals surface area contributed by atoms with Gasteiger partial charge in [-0.25, -0.2) is 4.79 Å². The van der Waals surface area contributed by atoms with Crippen LogP contribution < -0.4 is 9.47 Å². The predicted octanol–water partition coefficient (Wildman–Crippen LogP) is 10.1. The number of nitrogens with zero attached hydrogens (tertiary/aromatic N) is 1. The molecule has 0 aliphatic carbocycles. The van der Waals surface area contributed by atoms with E-state index in [0.717, 1.165) is 49.0 Å². The molecule has 3 aromatic carbocycles. The van der Waals surface area contributed by atoms with E-state index in [4.69, 9.17) is 9.47 Å². The largest absolute Gasteiger partial charge is 0.494 e. The lowest BCUT2D eigenvalue weighted by atomic mass is 10.0. The normalized spacial score (nSPS) is 13.0. The first-order chi connectivity index (χ1) is 22.3. The smallest absolute Gasteiger partial charge is 0.343 e. The van der Waals surface area contributed by atoms with Crippen molar-refractivity contribution in [3.8, 4) is 22.6 Å². The molecule has 0 fully saturated rings. The molecule has 0 radical (unpaired) electrons. The molecule has 0 saturated heterocycles. The number of carbonyl (C=O) groups is 3. The maximum Gasteiger partial charge on any atom is 0.343 e. The number of rotatable bonds is 18. The van der Waals surface area contributed by atoms with E-state index in [1.807, 2.05) is 36.4 Å². The van der Waals surface area contributed by atoms with Crippen molar-refractivity contribution in [2.75, 3.05) is 13.2 Å². The van der Waals surface area contributed by atoms with E-state index in [1.54, 1.807) is 24.3 Å². The van der Waals surface area contributed by atoms with E-state index in [1.165, 1.54) is 48.6 Å². The molecule has 4 rings (SSSR count). The van der Waals surface area contributed by atoms with Crippen LogP contribution in [0.1, 0.15) is 123 Å². The van der Waals surface area contributed by atoms with Crippen LogP contribution in [0, 0.1) is 5.92 Å². The second-order valence-corrected chi connectivity index (χ2v) is 12.7. The van der Waals surface area contributed by atoms with Gasteiger partial charge in [-0.15, -0.1) is 0 Å². The van der Waals surface area contributed by atoms with E-state index in [0.29, 0.717) is 30.4 Å². The zero-order valence-electron chi connectivity index (χ0n) is 28.0. The van der Waals surface area contributed by atoms with Gasteiger partial charge in [-0.2, -0.15) is 0 Å². The highest BCUT2D eigenvalue weighted by Crippen LogP contribution is 2.28. The van der Waals surface area contributed by atoms with Crippen molar-refractivity contribution in [2.45, 2.75) is 91.9 Å². The molecule has 6 heteroatoms. The topological polar surface area (TPSA) is 72.9 Å². The summed E-state index contributed by atoms with van der Waals surface area (Å²) < 4.78 is 11.6. The molecule has 0 saturated carbocycles. The Labute approximate surface area is 274 Å². The number of unbranched alkanes of at least 4 members (excludes halogenated alkanes) is 6. The molecule has 46 heavy (non-hydrogen) atoms. The van der Waals surface area contributed by atoms with Gasteiger partial charge in [0.15, 0.2) is 0 Å². The van der Waals surface area contributed by atoms with Crippen LogP contribution in [0.4, 0.5) is 0 Å². The van der Waals surface area contributed by atoms with Crippen molar-refractivity contribution in [2.24, 2.45) is 5.92 Å². The molecule has 6 nitrogen and oxygen atoms in total. The van der Waals surface area contributed by atoms with Crippen LogP contribution in [0.3, 0.4) is 0 Å². The van der Waals surface area contributed by atoms with Crippen molar-refractivity contribution >= 4 is 17.8 Å². The quantitative estimate of drug-likeness (QED) is 0.0463. The highest BCUT2D eigenvalue weighted by atomic mass is 16.5. The molecule has 1 aliphatic heterocycles. The van der Waals surface area contributed by atoms with Crippen LogP contribution >= 0.6 is 0 Å². The molecule has 2 amide bonds. The minimum absolute atomic E-state index is 0.236. The van der Waals surface area contributed by atoms with Crippen LogP contribution in [0.2, 0.25) is 0 Å². The van der Waals surface area contributed by atoms with Gasteiger partial charge in [-0.05, 0) is 99.0 Å². The number of amides is 2. The Balaban J connectivity index is 1.26. The molecule has 3 aromatic rings. The third-order valence-electron chi connectivity index (χ3n) is 8.54. The molecule has 0 bridgehead atoms. The molecule has 0 unspecified atom stereocenters. The fourth-order valence-electron chi connectivity index (χ4n) is 5.65. The molecule has 0 N–H and O–H groups in total. The Kier molecular flexibility index (Phi) is 13.2. The monoisotopic (exact) mass is 623 g/mol. The average molecular weight is 624 g/mol. The minimum atomic E-state index is -0.575. The maximum absolute atomic E-state index is 13.0. The van der Waals surface area contributed by atoms with Gasteiger partial charge >= 0.3 is 5.97 Å². The number of hydrogen-bond donors (Lipinski definition) is 0. The van der Waals surface area contributed by atoms with Crippen molar-refractivity contribution in [3.05, 3.63) is 95.1 Å². The molecule has 0 spiro atoms. The number of esters is 1. The van der Waals surface area contributed by atoms with Crippen molar-refractivity contribution in [3.63, 3.8) is 0 Å². The summed E-state index contributed by atoms with van der Waals surface area (Å²) in [5, 5.41) is 0. The Morgan fingerprint density at radius 2 is 1.37 bits per heavy atom. The fourth-order valence-corrected chi connectivity index (χ4v) is 5.65. The van der Waals surface area contributed by atoms with E-state index in [-0.39, 0.29) is 22.9 Å². The predicted molar refractivity (Wildman–Crippen MR) is 185 cm³/mol. The van der Waals surface area contributed by atoms with Crippen molar-refractivity contribution in [1.82, 2.24) is 4.90 Å². The summed E-state index contributed by atoms with van der Waals surface area (Å²) in [4.78, 5) is 40.1. The summed E-state index contributed by atoms with van der Waals surface area (Å²) in [6, 6.07) is 19.9. The van der Waals surface area contributed by atoms with E-state index >= 15 is 0 Å². The third-order valence-corrected chi connectivity index (χ3v) is 8.54. The first kappa shape index (κ1) is 34.7. The van der Waals surface area contributed by atoms with Crippen LogP contribution in [-0.4, -0.2) is 35.8 Å². The van der Waals surface area contributed by atoms with Gasteiger partial charge in [0.25, 0.3) is 11.8 Å². The zero-order valence-corrected chi connectivity index (χ0v) is 28.0. The summed E-state index contributed by atoms with van der Waals surface area (Å²) >= 11 is 0. The van der Waals surface area contributed by atoms with Gasteiger partial charge in [-0.1, -0.05) is 88.3 Å². The highest BCUT2D eigenvalue weighted by Gasteiger charge is 2.35. The molecule has 1 atom stereocenters. The maximum atomic E-state index is 13.0. The Bertz CT molecular complexity index is 1490. The summed E-state index contributed by atoms with van der Waals surface area (Å²) in [6.07, 6.45) is 13.4. The molecular weight excluding hydrogens is 574 g/mol. The highest BCUT2D eigenvalue weighted by molar-refractivity contribution is 6.22. The standard InChI is InChI=1S/C40H49NO5/c1-5-6-7-8-9-10-11-26-41-38(42)36-24-19-33(28-37(36)39(41)43)40(44)46-35-22-17-32(18-23-35)31-15-20-34(21-16-31)45-27-25-30(4)14-12-13-29(2)3/h13,15-24,28,30H,5-12,14,25-27H2,1-4H3/t30-/m0/s1. The molecule has 1 aliphatic rings. The van der Waals surface area contributed by atoms with Crippen molar-refractivity contribution in [1.29, 1.82) is 0 Å². The van der Waals surface area contributed by atoms with Gasteiger partial charge in [0.1, 0.15) is 11.5 Å². The molecule has 244 valence electrons. The van der Waals surface area contributed by atoms with Crippen LogP contribution in [0.15, 0.2) is 78.4 Å². The van der Waals surface area contributed by atoms with E-state index < -0.39 is 5.97 Å². The molecule has 1 heterocycles. The number of ether oxygens (including phenoxy) is 2. The third kappa shape index (κ3) is 9.90.